The van der Waals surface area contributed by atoms with E-state index in [1.165, 1.54) is 29.2 Å². The molecule has 1 aromatic heterocycles. The number of nitrogens with zero attached hydrogens (tertiary/aromatic N) is 3. The first-order chi connectivity index (χ1) is 15.3. The summed E-state index contributed by atoms with van der Waals surface area (Å²) in [4.78, 5) is 27.3. The summed E-state index contributed by atoms with van der Waals surface area (Å²) in [6.07, 6.45) is 0.698. The second-order valence-corrected chi connectivity index (χ2v) is 8.94. The van der Waals surface area contributed by atoms with Crippen LogP contribution in [0.5, 0.6) is 5.75 Å². The summed E-state index contributed by atoms with van der Waals surface area (Å²) in [6.45, 7) is 3.68. The maximum Gasteiger partial charge on any atom is 0.301 e. The second-order valence-electron chi connectivity index (χ2n) is 7.78. The predicted octanol–water partition coefficient (Wildman–Crippen LogP) is 3.94. The molecule has 1 amide bonds. The summed E-state index contributed by atoms with van der Waals surface area (Å²) in [7, 11) is 0. The number of amides is 1. The van der Waals surface area contributed by atoms with Crippen molar-refractivity contribution in [2.45, 2.75) is 32.4 Å². The number of fused-ring (bicyclic) bond motifs is 1. The van der Waals surface area contributed by atoms with Gasteiger partial charge < -0.3 is 9.84 Å². The van der Waals surface area contributed by atoms with Crippen molar-refractivity contribution in [3.05, 3.63) is 75.6 Å². The molecule has 1 fully saturated rings. The van der Waals surface area contributed by atoms with E-state index >= 15 is 0 Å². The van der Waals surface area contributed by atoms with Gasteiger partial charge in [0, 0.05) is 12.0 Å². The van der Waals surface area contributed by atoms with Crippen LogP contribution in [-0.2, 0) is 16.0 Å². The zero-order chi connectivity index (χ0) is 22.6. The standard InChI is InChI=1S/C23H18FN3O4S/c1-11-9-15-10-14(5-8-17(15)31-11)20(28)18-19(13-3-6-16(24)7-4-13)27(22(30)21(18)29)23-26-25-12(2)32-23/h3-8,10-11,19,28H,9H2,1-2H3/t11-,19+/m0/s1. The number of aromatic nitrogens is 2. The lowest BCUT2D eigenvalue weighted by atomic mass is 9.94. The fourth-order valence-corrected chi connectivity index (χ4v) is 4.81. The highest BCUT2D eigenvalue weighted by Gasteiger charge is 2.48. The van der Waals surface area contributed by atoms with Gasteiger partial charge in [-0.3, -0.25) is 14.5 Å². The van der Waals surface area contributed by atoms with Gasteiger partial charge in [0.15, 0.2) is 0 Å². The van der Waals surface area contributed by atoms with Gasteiger partial charge in [-0.1, -0.05) is 23.5 Å². The van der Waals surface area contributed by atoms with Gasteiger partial charge >= 0.3 is 5.91 Å². The number of aliphatic hydroxyl groups is 1. The van der Waals surface area contributed by atoms with E-state index in [0.29, 0.717) is 22.6 Å². The lowest BCUT2D eigenvalue weighted by Crippen LogP contribution is -2.29. The maximum atomic E-state index is 13.6. The number of ether oxygens (including phenoxy) is 1. The molecule has 2 aromatic carbocycles. The SMILES string of the molecule is Cc1nnc(N2C(=O)C(=O)C(=C(O)c3ccc4c(c3)C[C@H](C)O4)[C@H]2c2ccc(F)cc2)s1. The molecule has 7 nitrogen and oxygen atoms in total. The minimum atomic E-state index is -0.966. The summed E-state index contributed by atoms with van der Waals surface area (Å²) in [5, 5.41) is 20.0. The van der Waals surface area contributed by atoms with Crippen LogP contribution in [0.25, 0.3) is 5.76 Å². The molecule has 1 N–H and O–H groups in total. The molecule has 0 bridgehead atoms. The zero-order valence-electron chi connectivity index (χ0n) is 17.2. The lowest BCUT2D eigenvalue weighted by molar-refractivity contribution is -0.132. The van der Waals surface area contributed by atoms with Crippen LogP contribution in [0, 0.1) is 12.7 Å². The van der Waals surface area contributed by atoms with Crippen LogP contribution in [0.1, 0.15) is 34.7 Å². The molecule has 32 heavy (non-hydrogen) atoms. The Labute approximate surface area is 186 Å². The van der Waals surface area contributed by atoms with Crippen molar-refractivity contribution < 1.29 is 23.8 Å². The van der Waals surface area contributed by atoms with E-state index in [1.54, 1.807) is 25.1 Å². The molecule has 2 aliphatic heterocycles. The summed E-state index contributed by atoms with van der Waals surface area (Å²) in [5.41, 5.74) is 1.70. The largest absolute Gasteiger partial charge is 0.507 e. The Morgan fingerprint density at radius 2 is 1.94 bits per heavy atom. The Morgan fingerprint density at radius 1 is 1.19 bits per heavy atom. The normalized spacial score (nSPS) is 21.7. The fourth-order valence-electron chi connectivity index (χ4n) is 4.10. The highest BCUT2D eigenvalue weighted by molar-refractivity contribution is 7.15. The molecule has 0 unspecified atom stereocenters. The molecule has 2 aliphatic rings. The number of hydrogen-bond acceptors (Lipinski definition) is 7. The molecular weight excluding hydrogens is 433 g/mol. The zero-order valence-corrected chi connectivity index (χ0v) is 18.0. The molecule has 0 saturated carbocycles. The van der Waals surface area contributed by atoms with Gasteiger partial charge in [-0.25, -0.2) is 4.39 Å². The molecule has 9 heteroatoms. The number of Topliss-reactive ketones (excluding diaryl/α,β-unsaturated/α-hetero) is 1. The minimum absolute atomic E-state index is 0.0211. The summed E-state index contributed by atoms with van der Waals surface area (Å²) >= 11 is 1.15. The quantitative estimate of drug-likeness (QED) is 0.368. The monoisotopic (exact) mass is 451 g/mol. The van der Waals surface area contributed by atoms with Crippen molar-refractivity contribution in [2.75, 3.05) is 4.90 Å². The number of aryl methyl sites for hydroxylation is 1. The third-order valence-corrected chi connectivity index (χ3v) is 6.36. The van der Waals surface area contributed by atoms with Crippen LogP contribution in [0.2, 0.25) is 0 Å². The van der Waals surface area contributed by atoms with E-state index in [-0.39, 0.29) is 22.6 Å². The Balaban J connectivity index is 1.68. The lowest BCUT2D eigenvalue weighted by Gasteiger charge is -2.22. The number of ketones is 1. The van der Waals surface area contributed by atoms with E-state index in [4.69, 9.17) is 4.74 Å². The molecular formula is C23H18FN3O4S. The third-order valence-electron chi connectivity index (χ3n) is 5.52. The van der Waals surface area contributed by atoms with Crippen LogP contribution in [0.3, 0.4) is 0 Å². The number of hydrogen-bond donors (Lipinski definition) is 1. The molecule has 1 saturated heterocycles. The third kappa shape index (κ3) is 3.25. The molecule has 2 atom stereocenters. The first kappa shape index (κ1) is 20.3. The van der Waals surface area contributed by atoms with Crippen molar-refractivity contribution in [1.29, 1.82) is 0 Å². The first-order valence-electron chi connectivity index (χ1n) is 10.00. The Kier molecular flexibility index (Phi) is 4.78. The number of halogens is 1. The van der Waals surface area contributed by atoms with Crippen molar-refractivity contribution in [3.63, 3.8) is 0 Å². The van der Waals surface area contributed by atoms with Crippen LogP contribution >= 0.6 is 11.3 Å². The average Bonchev–Trinajstić information content (AvgIpc) is 3.43. The molecule has 3 heterocycles. The van der Waals surface area contributed by atoms with E-state index in [0.717, 1.165) is 22.6 Å². The smallest absolute Gasteiger partial charge is 0.301 e. The van der Waals surface area contributed by atoms with Gasteiger partial charge in [0.1, 0.15) is 28.4 Å². The van der Waals surface area contributed by atoms with Gasteiger partial charge in [-0.15, -0.1) is 10.2 Å². The van der Waals surface area contributed by atoms with Crippen molar-refractivity contribution in [1.82, 2.24) is 10.2 Å². The molecule has 0 aliphatic carbocycles. The van der Waals surface area contributed by atoms with E-state index in [1.807, 2.05) is 6.92 Å². The highest BCUT2D eigenvalue weighted by atomic mass is 32.1. The molecule has 5 rings (SSSR count). The molecule has 0 spiro atoms. The number of aliphatic hydroxyl groups excluding tert-OH is 1. The van der Waals surface area contributed by atoms with E-state index in [2.05, 4.69) is 10.2 Å². The molecule has 3 aromatic rings. The number of anilines is 1. The van der Waals surface area contributed by atoms with Crippen LogP contribution < -0.4 is 9.64 Å². The van der Waals surface area contributed by atoms with Crippen LogP contribution in [0.15, 0.2) is 48.0 Å². The van der Waals surface area contributed by atoms with Gasteiger partial charge in [0.2, 0.25) is 5.13 Å². The summed E-state index contributed by atoms with van der Waals surface area (Å²) in [6, 6.07) is 9.64. The van der Waals surface area contributed by atoms with Gasteiger partial charge in [0.25, 0.3) is 5.78 Å². The summed E-state index contributed by atoms with van der Waals surface area (Å²) < 4.78 is 19.3. The Hall–Kier alpha value is -3.59. The van der Waals surface area contributed by atoms with Gasteiger partial charge in [-0.2, -0.15) is 0 Å². The highest BCUT2D eigenvalue weighted by Crippen LogP contribution is 2.43. The Morgan fingerprint density at radius 3 is 2.62 bits per heavy atom. The summed E-state index contributed by atoms with van der Waals surface area (Å²) in [5.74, 6) is -1.69. The second kappa shape index (κ2) is 7.52. The number of carbonyl (C=O) groups is 2. The first-order valence-corrected chi connectivity index (χ1v) is 10.8. The van der Waals surface area contributed by atoms with E-state index in [9.17, 15) is 19.1 Å². The number of benzene rings is 2. The van der Waals surface area contributed by atoms with Gasteiger partial charge in [0.05, 0.1) is 11.6 Å². The number of rotatable bonds is 3. The van der Waals surface area contributed by atoms with Crippen molar-refractivity contribution in [3.8, 4) is 5.75 Å². The predicted molar refractivity (Wildman–Crippen MR) is 116 cm³/mol. The topological polar surface area (TPSA) is 92.6 Å². The fraction of sp³-hybridized carbons (Fsp3) is 0.217. The average molecular weight is 451 g/mol. The van der Waals surface area contributed by atoms with Gasteiger partial charge in [-0.05, 0) is 55.3 Å². The molecule has 162 valence electrons. The minimum Gasteiger partial charge on any atom is -0.507 e. The maximum absolute atomic E-state index is 13.6. The van der Waals surface area contributed by atoms with E-state index < -0.39 is 23.5 Å². The van der Waals surface area contributed by atoms with Crippen LogP contribution in [-0.4, -0.2) is 33.1 Å². The van der Waals surface area contributed by atoms with Crippen molar-refractivity contribution in [2.24, 2.45) is 0 Å². The van der Waals surface area contributed by atoms with Crippen LogP contribution in [0.4, 0.5) is 9.52 Å². The van der Waals surface area contributed by atoms with Crippen molar-refractivity contribution >= 4 is 33.9 Å². The Bertz CT molecular complexity index is 1280. The molecule has 0 radical (unpaired) electrons. The number of carbonyl (C=O) groups excluding carboxylic acids is 2.